The van der Waals surface area contributed by atoms with Gasteiger partial charge in [0.25, 0.3) is 0 Å². The molecule has 3 atom stereocenters. The number of rotatable bonds is 8. The SMILES string of the molecule is CCOC(=O)C1C=C(CCCc2ccccc2)[C@@H](OC(C)=O)C(OC(C)=O)C1. The molecule has 0 amide bonds. The minimum absolute atomic E-state index is 0.235. The third kappa shape index (κ3) is 6.51. The minimum atomic E-state index is -0.701. The third-order valence-corrected chi connectivity index (χ3v) is 4.58. The van der Waals surface area contributed by atoms with E-state index >= 15 is 0 Å². The summed E-state index contributed by atoms with van der Waals surface area (Å²) in [5.74, 6) is -1.81. The summed E-state index contributed by atoms with van der Waals surface area (Å²) in [5, 5.41) is 0. The quantitative estimate of drug-likeness (QED) is 0.386. The summed E-state index contributed by atoms with van der Waals surface area (Å²) in [6, 6.07) is 10.1. The zero-order valence-electron chi connectivity index (χ0n) is 16.7. The molecule has 0 fully saturated rings. The maximum Gasteiger partial charge on any atom is 0.312 e. The van der Waals surface area contributed by atoms with Gasteiger partial charge in [-0.15, -0.1) is 0 Å². The van der Waals surface area contributed by atoms with Gasteiger partial charge in [-0.3, -0.25) is 14.4 Å². The summed E-state index contributed by atoms with van der Waals surface area (Å²) in [4.78, 5) is 35.5. The Kier molecular flexibility index (Phi) is 8.23. The Morgan fingerprint density at radius 2 is 1.68 bits per heavy atom. The molecule has 0 N–H and O–H groups in total. The molecule has 0 radical (unpaired) electrons. The highest BCUT2D eigenvalue weighted by Crippen LogP contribution is 2.32. The van der Waals surface area contributed by atoms with Crippen molar-refractivity contribution in [2.24, 2.45) is 5.92 Å². The molecule has 1 aromatic carbocycles. The van der Waals surface area contributed by atoms with Gasteiger partial charge in [0, 0.05) is 20.3 Å². The fraction of sp³-hybridized carbons (Fsp3) is 0.500. The fourth-order valence-electron chi connectivity index (χ4n) is 3.47. The highest BCUT2D eigenvalue weighted by atomic mass is 16.6. The molecule has 2 unspecified atom stereocenters. The van der Waals surface area contributed by atoms with Crippen LogP contribution in [0.15, 0.2) is 42.0 Å². The maximum absolute atomic E-state index is 12.3. The molecule has 2 rings (SSSR count). The van der Waals surface area contributed by atoms with Crippen LogP contribution in [-0.4, -0.2) is 36.7 Å². The van der Waals surface area contributed by atoms with E-state index in [1.165, 1.54) is 19.4 Å². The zero-order chi connectivity index (χ0) is 20.5. The van der Waals surface area contributed by atoms with Crippen molar-refractivity contribution in [1.29, 1.82) is 0 Å². The lowest BCUT2D eigenvalue weighted by atomic mass is 9.83. The Morgan fingerprint density at radius 1 is 1.00 bits per heavy atom. The van der Waals surface area contributed by atoms with Crippen LogP contribution in [0, 0.1) is 5.92 Å². The van der Waals surface area contributed by atoms with E-state index in [0.717, 1.165) is 18.4 Å². The molecular weight excluding hydrogens is 360 g/mol. The second-order valence-corrected chi connectivity index (χ2v) is 6.85. The summed E-state index contributed by atoms with van der Waals surface area (Å²) < 4.78 is 16.0. The standard InChI is InChI=1S/C22H28O6/c1-4-26-22(25)19-13-18(12-8-11-17-9-6-5-7-10-17)21(28-16(3)24)20(14-19)27-15(2)23/h5-7,9-10,13,19-21H,4,8,11-12,14H2,1-3H3/t19?,20?,21-/m1/s1. The largest absolute Gasteiger partial charge is 0.466 e. The van der Waals surface area contributed by atoms with Gasteiger partial charge in [0.05, 0.1) is 12.5 Å². The van der Waals surface area contributed by atoms with Gasteiger partial charge in [-0.05, 0) is 37.3 Å². The Labute approximate surface area is 165 Å². The van der Waals surface area contributed by atoms with Crippen molar-refractivity contribution < 1.29 is 28.6 Å². The van der Waals surface area contributed by atoms with Crippen LogP contribution in [0.2, 0.25) is 0 Å². The number of hydrogen-bond acceptors (Lipinski definition) is 6. The first-order valence-electron chi connectivity index (χ1n) is 9.66. The van der Waals surface area contributed by atoms with Crippen LogP contribution in [0.1, 0.15) is 45.6 Å². The number of carbonyl (C=O) groups is 3. The molecule has 1 aliphatic rings. The van der Waals surface area contributed by atoms with Crippen molar-refractivity contribution in [1.82, 2.24) is 0 Å². The van der Waals surface area contributed by atoms with E-state index in [-0.39, 0.29) is 19.0 Å². The van der Waals surface area contributed by atoms with Crippen molar-refractivity contribution in [3.05, 3.63) is 47.5 Å². The van der Waals surface area contributed by atoms with Crippen molar-refractivity contribution in [2.75, 3.05) is 6.61 Å². The van der Waals surface area contributed by atoms with Crippen LogP contribution in [0.25, 0.3) is 0 Å². The van der Waals surface area contributed by atoms with Crippen LogP contribution in [0.4, 0.5) is 0 Å². The Hall–Kier alpha value is -2.63. The Bertz CT molecular complexity index is 709. The van der Waals surface area contributed by atoms with Gasteiger partial charge >= 0.3 is 17.9 Å². The first-order chi connectivity index (χ1) is 13.4. The van der Waals surface area contributed by atoms with Crippen LogP contribution >= 0.6 is 0 Å². The van der Waals surface area contributed by atoms with E-state index < -0.39 is 30.1 Å². The number of esters is 3. The number of benzene rings is 1. The van der Waals surface area contributed by atoms with Gasteiger partial charge in [-0.2, -0.15) is 0 Å². The predicted octanol–water partition coefficient (Wildman–Crippen LogP) is 3.38. The zero-order valence-corrected chi connectivity index (χ0v) is 16.7. The molecule has 1 aromatic rings. The number of aryl methyl sites for hydroxylation is 1. The van der Waals surface area contributed by atoms with Crippen molar-refractivity contribution in [2.45, 2.75) is 58.7 Å². The van der Waals surface area contributed by atoms with Gasteiger partial charge in [0.1, 0.15) is 6.10 Å². The van der Waals surface area contributed by atoms with Gasteiger partial charge in [0.15, 0.2) is 6.10 Å². The summed E-state index contributed by atoms with van der Waals surface area (Å²) in [6.07, 6.45) is 2.97. The van der Waals surface area contributed by atoms with Crippen LogP contribution < -0.4 is 0 Å². The predicted molar refractivity (Wildman–Crippen MR) is 103 cm³/mol. The average molecular weight is 388 g/mol. The molecular formula is C22H28O6. The molecule has 0 saturated carbocycles. The van der Waals surface area contributed by atoms with Crippen molar-refractivity contribution >= 4 is 17.9 Å². The summed E-state index contributed by atoms with van der Waals surface area (Å²) in [5.41, 5.74) is 2.00. The smallest absolute Gasteiger partial charge is 0.312 e. The third-order valence-electron chi connectivity index (χ3n) is 4.58. The van der Waals surface area contributed by atoms with Gasteiger partial charge < -0.3 is 14.2 Å². The van der Waals surface area contributed by atoms with Gasteiger partial charge in [0.2, 0.25) is 0 Å². The lowest BCUT2D eigenvalue weighted by Crippen LogP contribution is -2.42. The summed E-state index contributed by atoms with van der Waals surface area (Å²) >= 11 is 0. The van der Waals surface area contributed by atoms with Crippen LogP contribution in [0.5, 0.6) is 0 Å². The monoisotopic (exact) mass is 388 g/mol. The van der Waals surface area contributed by atoms with E-state index in [9.17, 15) is 14.4 Å². The van der Waals surface area contributed by atoms with E-state index in [4.69, 9.17) is 14.2 Å². The maximum atomic E-state index is 12.3. The molecule has 6 heteroatoms. The summed E-state index contributed by atoms with van der Waals surface area (Å²) in [7, 11) is 0. The van der Waals surface area contributed by atoms with Crippen molar-refractivity contribution in [3.8, 4) is 0 Å². The highest BCUT2D eigenvalue weighted by Gasteiger charge is 2.39. The number of hydrogen-bond donors (Lipinski definition) is 0. The Morgan fingerprint density at radius 3 is 2.29 bits per heavy atom. The molecule has 0 aliphatic heterocycles. The highest BCUT2D eigenvalue weighted by molar-refractivity contribution is 5.75. The average Bonchev–Trinajstić information content (AvgIpc) is 2.64. The molecule has 152 valence electrons. The Balaban J connectivity index is 2.19. The van der Waals surface area contributed by atoms with E-state index in [1.54, 1.807) is 6.92 Å². The van der Waals surface area contributed by atoms with Crippen molar-refractivity contribution in [3.63, 3.8) is 0 Å². The lowest BCUT2D eigenvalue weighted by Gasteiger charge is -2.34. The molecule has 1 aliphatic carbocycles. The molecule has 0 aromatic heterocycles. The fourth-order valence-corrected chi connectivity index (χ4v) is 3.47. The van der Waals surface area contributed by atoms with Gasteiger partial charge in [-0.25, -0.2) is 0 Å². The minimum Gasteiger partial charge on any atom is -0.466 e. The van der Waals surface area contributed by atoms with E-state index in [1.807, 2.05) is 24.3 Å². The first-order valence-corrected chi connectivity index (χ1v) is 9.66. The molecule has 0 heterocycles. The summed E-state index contributed by atoms with van der Waals surface area (Å²) in [6.45, 7) is 4.65. The molecule has 0 bridgehead atoms. The number of ether oxygens (including phenoxy) is 3. The first kappa shape index (κ1) is 21.7. The second kappa shape index (κ2) is 10.6. The molecule has 0 saturated heterocycles. The molecule has 28 heavy (non-hydrogen) atoms. The molecule has 0 spiro atoms. The van der Waals surface area contributed by atoms with E-state index in [0.29, 0.717) is 6.42 Å². The van der Waals surface area contributed by atoms with Gasteiger partial charge in [-0.1, -0.05) is 36.4 Å². The lowest BCUT2D eigenvalue weighted by molar-refractivity contribution is -0.166. The second-order valence-electron chi connectivity index (χ2n) is 6.85. The van der Waals surface area contributed by atoms with Crippen LogP contribution in [-0.2, 0) is 35.0 Å². The number of carbonyl (C=O) groups excluding carboxylic acids is 3. The normalized spacial score (nSPS) is 21.4. The topological polar surface area (TPSA) is 78.9 Å². The van der Waals surface area contributed by atoms with E-state index in [2.05, 4.69) is 12.1 Å². The molecule has 6 nitrogen and oxygen atoms in total. The van der Waals surface area contributed by atoms with Crippen LogP contribution in [0.3, 0.4) is 0 Å².